The van der Waals surface area contributed by atoms with Gasteiger partial charge in [0.15, 0.2) is 17.6 Å². The lowest BCUT2D eigenvalue weighted by Gasteiger charge is -2.28. The van der Waals surface area contributed by atoms with E-state index in [2.05, 4.69) is 4.98 Å². The second-order valence-corrected chi connectivity index (χ2v) is 6.38. The molecular weight excluding hydrogens is 377 g/mol. The van der Waals surface area contributed by atoms with Crippen molar-refractivity contribution in [2.24, 2.45) is 5.73 Å². The molecule has 0 fully saturated rings. The number of pyridine rings is 1. The number of aromatic nitrogens is 1. The third-order valence-electron chi connectivity index (χ3n) is 4.50. The summed E-state index contributed by atoms with van der Waals surface area (Å²) in [7, 11) is 1.63. The fraction of sp³-hybridized carbons (Fsp3) is 0.250. The van der Waals surface area contributed by atoms with Gasteiger partial charge >= 0.3 is 6.09 Å². The van der Waals surface area contributed by atoms with Crippen molar-refractivity contribution < 1.29 is 18.7 Å². The van der Waals surface area contributed by atoms with E-state index in [1.54, 1.807) is 7.11 Å². The van der Waals surface area contributed by atoms with E-state index < -0.39 is 17.9 Å². The molecule has 0 saturated carbocycles. The van der Waals surface area contributed by atoms with Gasteiger partial charge < -0.3 is 20.1 Å². The number of halogens is 1. The maximum Gasteiger partial charge on any atom is 0.414 e. The minimum absolute atomic E-state index is 0.191. The highest BCUT2D eigenvalue weighted by molar-refractivity contribution is 5.90. The Morgan fingerprint density at radius 1 is 1.41 bits per heavy atom. The number of nitrogens with zero attached hydrogens (tertiary/aromatic N) is 2. The first-order valence-electron chi connectivity index (χ1n) is 8.97. The first kappa shape index (κ1) is 20.1. The maximum absolute atomic E-state index is 14.9. The number of nitrogens with two attached hydrogens (primary N) is 1. The van der Waals surface area contributed by atoms with Crippen molar-refractivity contribution in [3.8, 4) is 5.75 Å². The molecule has 8 nitrogen and oxygen atoms in total. The Morgan fingerprint density at radius 2 is 2.24 bits per heavy atom. The van der Waals surface area contributed by atoms with E-state index in [1.165, 1.54) is 17.8 Å². The van der Waals surface area contributed by atoms with Crippen molar-refractivity contribution in [1.29, 1.82) is 5.41 Å². The molecule has 0 radical (unpaired) electrons. The summed E-state index contributed by atoms with van der Waals surface area (Å²) in [6.07, 6.45) is 3.33. The molecule has 4 N–H and O–H groups in total. The van der Waals surface area contributed by atoms with Crippen LogP contribution in [0.1, 0.15) is 17.5 Å². The molecule has 0 spiro atoms. The van der Waals surface area contributed by atoms with Crippen molar-refractivity contribution in [1.82, 2.24) is 10.3 Å². The summed E-state index contributed by atoms with van der Waals surface area (Å²) in [4.78, 5) is 17.4. The van der Waals surface area contributed by atoms with E-state index >= 15 is 0 Å². The zero-order valence-corrected chi connectivity index (χ0v) is 15.9. The Morgan fingerprint density at radius 3 is 2.93 bits per heavy atom. The SMILES string of the molecule is COc1cccc(C2=CCN(c3nccc(COC(=O)NC(=N)N)c3F)CC2)c1. The van der Waals surface area contributed by atoms with Crippen LogP contribution >= 0.6 is 0 Å². The smallest absolute Gasteiger partial charge is 0.414 e. The first-order valence-corrected chi connectivity index (χ1v) is 8.97. The Bertz CT molecular complexity index is 947. The van der Waals surface area contributed by atoms with Gasteiger partial charge in [-0.15, -0.1) is 0 Å². The van der Waals surface area contributed by atoms with Crippen molar-refractivity contribution in [2.45, 2.75) is 13.0 Å². The van der Waals surface area contributed by atoms with Crippen LogP contribution in [0.15, 0.2) is 42.6 Å². The number of nitrogens with one attached hydrogen (secondary N) is 2. The quantitative estimate of drug-likeness (QED) is 0.526. The molecule has 0 bridgehead atoms. The molecule has 2 heterocycles. The number of methoxy groups -OCH3 is 1. The summed E-state index contributed by atoms with van der Waals surface area (Å²) < 4.78 is 25.0. The zero-order chi connectivity index (χ0) is 20.8. The van der Waals surface area contributed by atoms with Gasteiger partial charge in [0.05, 0.1) is 7.11 Å². The van der Waals surface area contributed by atoms with Crippen molar-refractivity contribution >= 4 is 23.4 Å². The molecule has 152 valence electrons. The average molecular weight is 399 g/mol. The molecule has 0 saturated heterocycles. The fourth-order valence-electron chi connectivity index (χ4n) is 3.04. The molecule has 1 amide bonds. The molecule has 2 aromatic rings. The van der Waals surface area contributed by atoms with Gasteiger partial charge in [-0.3, -0.25) is 10.7 Å². The van der Waals surface area contributed by atoms with Gasteiger partial charge in [-0.2, -0.15) is 0 Å². The number of anilines is 1. The maximum atomic E-state index is 14.9. The number of carbonyl (C=O) groups excluding carboxylic acids is 1. The number of benzene rings is 1. The molecule has 1 aromatic carbocycles. The summed E-state index contributed by atoms with van der Waals surface area (Å²) in [5.74, 6) is -0.0849. The molecule has 3 rings (SSSR count). The number of ether oxygens (including phenoxy) is 2. The Kier molecular flexibility index (Phi) is 6.28. The number of amides is 1. The number of hydrogen-bond acceptors (Lipinski definition) is 6. The Labute approximate surface area is 167 Å². The van der Waals surface area contributed by atoms with Gasteiger partial charge in [0.1, 0.15) is 12.4 Å². The molecule has 0 unspecified atom stereocenters. The number of hydrogen-bond donors (Lipinski definition) is 3. The monoisotopic (exact) mass is 399 g/mol. The second-order valence-electron chi connectivity index (χ2n) is 6.38. The lowest BCUT2D eigenvalue weighted by Crippen LogP contribution is -2.36. The van der Waals surface area contributed by atoms with Crippen LogP contribution in [0, 0.1) is 11.2 Å². The van der Waals surface area contributed by atoms with Gasteiger partial charge in [0.2, 0.25) is 0 Å². The fourth-order valence-corrected chi connectivity index (χ4v) is 3.04. The number of rotatable bonds is 5. The number of alkyl carbamates (subject to hydrolysis) is 1. The molecule has 1 aliphatic rings. The normalized spacial score (nSPS) is 13.4. The summed E-state index contributed by atoms with van der Waals surface area (Å²) in [5, 5.41) is 8.96. The largest absolute Gasteiger partial charge is 0.497 e. The highest BCUT2D eigenvalue weighted by Crippen LogP contribution is 2.28. The van der Waals surface area contributed by atoms with Crippen molar-refractivity contribution in [3.05, 3.63) is 59.5 Å². The lowest BCUT2D eigenvalue weighted by molar-refractivity contribution is 0.143. The van der Waals surface area contributed by atoms with Gasteiger partial charge in [0, 0.05) is 24.8 Å². The lowest BCUT2D eigenvalue weighted by atomic mass is 9.99. The molecule has 29 heavy (non-hydrogen) atoms. The highest BCUT2D eigenvalue weighted by Gasteiger charge is 2.20. The Hall–Kier alpha value is -3.62. The minimum atomic E-state index is -0.918. The average Bonchev–Trinajstić information content (AvgIpc) is 2.73. The van der Waals surface area contributed by atoms with E-state index in [1.807, 2.05) is 40.6 Å². The summed E-state index contributed by atoms with van der Waals surface area (Å²) in [6, 6.07) is 9.27. The minimum Gasteiger partial charge on any atom is -0.497 e. The van der Waals surface area contributed by atoms with E-state index in [-0.39, 0.29) is 18.0 Å². The summed E-state index contributed by atoms with van der Waals surface area (Å²) >= 11 is 0. The third kappa shape index (κ3) is 5.01. The molecular formula is C20H22FN5O3. The van der Waals surface area contributed by atoms with E-state index in [4.69, 9.17) is 20.6 Å². The van der Waals surface area contributed by atoms with Crippen molar-refractivity contribution in [2.75, 3.05) is 25.1 Å². The standard InChI is InChI=1S/C20H22FN5O3/c1-28-16-4-2-3-14(11-16)13-6-9-26(10-7-13)18-17(21)15(5-8-24-18)12-29-20(27)25-19(22)23/h2-6,8,11H,7,9-10,12H2,1H3,(H4,22,23,25,27). The van der Waals surface area contributed by atoms with Crippen LogP contribution in [0.25, 0.3) is 5.57 Å². The predicted octanol–water partition coefficient (Wildman–Crippen LogP) is 2.64. The first-order chi connectivity index (χ1) is 14.0. The molecule has 0 atom stereocenters. The number of guanidine groups is 1. The summed E-state index contributed by atoms with van der Waals surface area (Å²) in [5.41, 5.74) is 7.49. The molecule has 1 aromatic heterocycles. The second kappa shape index (κ2) is 9.05. The van der Waals surface area contributed by atoms with Crippen LogP contribution < -0.4 is 20.7 Å². The summed E-state index contributed by atoms with van der Waals surface area (Å²) in [6.45, 7) is 0.812. The van der Waals surface area contributed by atoms with Gasteiger partial charge in [-0.25, -0.2) is 14.2 Å². The van der Waals surface area contributed by atoms with Crippen LogP contribution in [0.2, 0.25) is 0 Å². The van der Waals surface area contributed by atoms with E-state index in [9.17, 15) is 9.18 Å². The van der Waals surface area contributed by atoms with Gasteiger partial charge in [-0.1, -0.05) is 18.2 Å². The topological polar surface area (TPSA) is 114 Å². The van der Waals surface area contributed by atoms with Crippen molar-refractivity contribution in [3.63, 3.8) is 0 Å². The van der Waals surface area contributed by atoms with Crippen LogP contribution in [0.5, 0.6) is 5.75 Å². The van der Waals surface area contributed by atoms with E-state index in [0.717, 1.165) is 17.7 Å². The predicted molar refractivity (Wildman–Crippen MR) is 107 cm³/mol. The zero-order valence-electron chi connectivity index (χ0n) is 15.9. The molecule has 9 heteroatoms. The van der Waals surface area contributed by atoms with Crippen LogP contribution in [0.3, 0.4) is 0 Å². The van der Waals surface area contributed by atoms with Crippen LogP contribution in [-0.4, -0.2) is 37.2 Å². The Balaban J connectivity index is 1.69. The highest BCUT2D eigenvalue weighted by atomic mass is 19.1. The van der Waals surface area contributed by atoms with E-state index in [0.29, 0.717) is 13.1 Å². The van der Waals surface area contributed by atoms with Gasteiger partial charge in [0.25, 0.3) is 0 Å². The van der Waals surface area contributed by atoms with Crippen LogP contribution in [-0.2, 0) is 11.3 Å². The third-order valence-corrected chi connectivity index (χ3v) is 4.50. The van der Waals surface area contributed by atoms with Crippen LogP contribution in [0.4, 0.5) is 15.0 Å². The van der Waals surface area contributed by atoms with Gasteiger partial charge in [-0.05, 0) is 35.8 Å². The number of carbonyl (C=O) groups is 1. The molecule has 0 aliphatic carbocycles. The molecule has 1 aliphatic heterocycles.